The molecule has 0 saturated carbocycles. The van der Waals surface area contributed by atoms with Gasteiger partial charge in [-0.05, 0) is 67.3 Å². The predicted molar refractivity (Wildman–Crippen MR) is 172 cm³/mol. The molecule has 0 bridgehead atoms. The van der Waals surface area contributed by atoms with Gasteiger partial charge < -0.3 is 23.7 Å². The molecule has 0 aliphatic carbocycles. The summed E-state index contributed by atoms with van der Waals surface area (Å²) in [7, 11) is 1.15. The summed E-state index contributed by atoms with van der Waals surface area (Å²) in [5.74, 6) is -0.151. The van der Waals surface area contributed by atoms with Crippen molar-refractivity contribution >= 4 is 24.4 Å². The SMILES string of the molecule is COC(=O)[C@@H]1[C@@H](c2cc(-c3ccc(OCc4ccccc4)c(C=O)c3)ccc2OCc2ccccc2)OC(=O)N1C(=O)OC(C)(C)C. The summed E-state index contributed by atoms with van der Waals surface area (Å²) in [6, 6.07) is 27.9. The normalized spacial score (nSPS) is 15.8. The van der Waals surface area contributed by atoms with Crippen LogP contribution in [0.1, 0.15) is 53.9 Å². The molecule has 0 N–H and O–H groups in total. The number of hydrogen-bond acceptors (Lipinski definition) is 9. The van der Waals surface area contributed by atoms with E-state index in [2.05, 4.69) is 0 Å². The summed E-state index contributed by atoms with van der Waals surface area (Å²) in [4.78, 5) is 52.2. The fourth-order valence-electron chi connectivity index (χ4n) is 5.07. The molecule has 4 aromatic rings. The van der Waals surface area contributed by atoms with Gasteiger partial charge in [-0.1, -0.05) is 72.8 Å². The standard InChI is InChI=1S/C37H35NO9/c1-37(2,3)47-36(42)38-32(34(40)43-4)33(46-35(38)41)29-20-27(16-18-31(29)45-23-25-13-9-6-10-14-25)26-15-17-30(28(19-26)21-39)44-22-24-11-7-5-8-12-24/h5-21,32-33H,22-23H2,1-4H3/t32-,33+/m0/s1. The van der Waals surface area contributed by atoms with Crippen molar-refractivity contribution in [1.29, 1.82) is 0 Å². The lowest BCUT2D eigenvalue weighted by atomic mass is 9.95. The molecule has 0 unspecified atom stereocenters. The molecule has 5 rings (SSSR count). The maximum atomic E-state index is 13.2. The van der Waals surface area contributed by atoms with Gasteiger partial charge in [0.25, 0.3) is 0 Å². The Hall–Kier alpha value is -5.64. The molecule has 1 fully saturated rings. The van der Waals surface area contributed by atoms with E-state index in [0.717, 1.165) is 18.2 Å². The highest BCUT2D eigenvalue weighted by atomic mass is 16.6. The second-order valence-electron chi connectivity index (χ2n) is 11.8. The fourth-order valence-corrected chi connectivity index (χ4v) is 5.07. The van der Waals surface area contributed by atoms with Gasteiger partial charge in [0.05, 0.1) is 12.7 Å². The molecule has 2 atom stereocenters. The summed E-state index contributed by atoms with van der Waals surface area (Å²) in [5.41, 5.74) is 2.81. The van der Waals surface area contributed by atoms with Crippen LogP contribution in [0.2, 0.25) is 0 Å². The van der Waals surface area contributed by atoms with Crippen molar-refractivity contribution in [2.24, 2.45) is 0 Å². The first-order chi connectivity index (χ1) is 22.6. The number of ether oxygens (including phenoxy) is 5. The highest BCUT2D eigenvalue weighted by Crippen LogP contribution is 2.41. The minimum atomic E-state index is -1.50. The van der Waals surface area contributed by atoms with Crippen molar-refractivity contribution in [3.63, 3.8) is 0 Å². The minimum absolute atomic E-state index is 0.176. The second-order valence-corrected chi connectivity index (χ2v) is 11.8. The Morgan fingerprint density at radius 3 is 1.91 bits per heavy atom. The van der Waals surface area contributed by atoms with Crippen LogP contribution in [0, 0.1) is 0 Å². The average molecular weight is 638 g/mol. The van der Waals surface area contributed by atoms with E-state index >= 15 is 0 Å². The molecule has 47 heavy (non-hydrogen) atoms. The Bertz CT molecular complexity index is 1750. The number of hydrogen-bond donors (Lipinski definition) is 0. The molecule has 0 spiro atoms. The summed E-state index contributed by atoms with van der Waals surface area (Å²) < 4.78 is 28.2. The number of rotatable bonds is 10. The first-order valence-electron chi connectivity index (χ1n) is 15.0. The van der Waals surface area contributed by atoms with Crippen LogP contribution in [0.5, 0.6) is 11.5 Å². The highest BCUT2D eigenvalue weighted by Gasteiger charge is 2.53. The van der Waals surface area contributed by atoms with Gasteiger partial charge in [-0.25, -0.2) is 14.4 Å². The molecular formula is C37H35NO9. The number of carbonyl (C=O) groups is 4. The molecule has 1 aliphatic heterocycles. The zero-order valence-electron chi connectivity index (χ0n) is 26.5. The predicted octanol–water partition coefficient (Wildman–Crippen LogP) is 7.29. The molecule has 1 saturated heterocycles. The van der Waals surface area contributed by atoms with E-state index in [1.807, 2.05) is 60.7 Å². The Labute approximate surface area is 272 Å². The van der Waals surface area contributed by atoms with E-state index in [1.54, 1.807) is 57.2 Å². The summed E-state index contributed by atoms with van der Waals surface area (Å²) >= 11 is 0. The maximum absolute atomic E-state index is 13.2. The van der Waals surface area contributed by atoms with E-state index in [1.165, 1.54) is 0 Å². The maximum Gasteiger partial charge on any atom is 0.420 e. The van der Waals surface area contributed by atoms with E-state index in [9.17, 15) is 19.2 Å². The van der Waals surface area contributed by atoms with Gasteiger partial charge in [0.15, 0.2) is 18.4 Å². The van der Waals surface area contributed by atoms with Gasteiger partial charge in [0.2, 0.25) is 0 Å². The van der Waals surface area contributed by atoms with Crippen molar-refractivity contribution in [3.05, 3.63) is 119 Å². The number of aldehydes is 1. The van der Waals surface area contributed by atoms with Crippen LogP contribution in [0.25, 0.3) is 11.1 Å². The average Bonchev–Trinajstić information content (AvgIpc) is 3.43. The van der Waals surface area contributed by atoms with E-state index in [-0.39, 0.29) is 13.2 Å². The number of amides is 2. The van der Waals surface area contributed by atoms with Crippen molar-refractivity contribution < 1.29 is 42.9 Å². The zero-order valence-corrected chi connectivity index (χ0v) is 26.5. The molecule has 2 amide bonds. The van der Waals surface area contributed by atoms with Crippen molar-refractivity contribution in [2.45, 2.75) is 51.7 Å². The van der Waals surface area contributed by atoms with Crippen LogP contribution in [0.15, 0.2) is 97.1 Å². The van der Waals surface area contributed by atoms with Crippen LogP contribution in [0.4, 0.5) is 9.59 Å². The largest absolute Gasteiger partial charge is 0.488 e. The van der Waals surface area contributed by atoms with Gasteiger partial charge >= 0.3 is 18.2 Å². The number of cyclic esters (lactones) is 1. The number of benzene rings is 4. The lowest BCUT2D eigenvalue weighted by Gasteiger charge is -2.26. The van der Waals surface area contributed by atoms with Gasteiger partial charge in [-0.2, -0.15) is 4.90 Å². The molecule has 10 nitrogen and oxygen atoms in total. The molecule has 10 heteroatoms. The minimum Gasteiger partial charge on any atom is -0.488 e. The molecule has 1 aliphatic rings. The zero-order chi connectivity index (χ0) is 33.6. The van der Waals surface area contributed by atoms with Gasteiger partial charge in [-0.3, -0.25) is 4.79 Å². The quantitative estimate of drug-likeness (QED) is 0.100. The molecule has 242 valence electrons. The molecule has 0 radical (unpaired) electrons. The van der Waals surface area contributed by atoms with Crippen LogP contribution in [-0.2, 0) is 32.2 Å². The van der Waals surface area contributed by atoms with Gasteiger partial charge in [-0.15, -0.1) is 0 Å². The number of methoxy groups -OCH3 is 1. The number of imide groups is 1. The summed E-state index contributed by atoms with van der Waals surface area (Å²) in [5, 5.41) is 0. The Morgan fingerprint density at radius 1 is 0.809 bits per heavy atom. The molecule has 0 aromatic heterocycles. The highest BCUT2D eigenvalue weighted by molar-refractivity contribution is 5.97. The molecule has 1 heterocycles. The van der Waals surface area contributed by atoms with E-state index in [0.29, 0.717) is 44.9 Å². The Balaban J connectivity index is 1.53. The third kappa shape index (κ3) is 7.78. The summed E-state index contributed by atoms with van der Waals surface area (Å²) in [6.07, 6.45) is -2.70. The number of esters is 1. The van der Waals surface area contributed by atoms with E-state index in [4.69, 9.17) is 23.7 Å². The van der Waals surface area contributed by atoms with E-state index < -0.39 is 35.9 Å². The van der Waals surface area contributed by atoms with Crippen molar-refractivity contribution in [1.82, 2.24) is 4.90 Å². The first-order valence-corrected chi connectivity index (χ1v) is 15.0. The van der Waals surface area contributed by atoms with Crippen LogP contribution in [0.3, 0.4) is 0 Å². The van der Waals surface area contributed by atoms with Crippen LogP contribution >= 0.6 is 0 Å². The summed E-state index contributed by atoms with van der Waals surface area (Å²) in [6.45, 7) is 5.38. The van der Waals surface area contributed by atoms with Gasteiger partial charge in [0, 0.05) is 5.56 Å². The lowest BCUT2D eigenvalue weighted by Crippen LogP contribution is -2.47. The number of carbonyl (C=O) groups excluding carboxylic acids is 4. The van der Waals surface area contributed by atoms with Crippen LogP contribution < -0.4 is 9.47 Å². The monoisotopic (exact) mass is 637 g/mol. The third-order valence-electron chi connectivity index (χ3n) is 7.28. The third-order valence-corrected chi connectivity index (χ3v) is 7.28. The second kappa shape index (κ2) is 14.2. The Kier molecular flexibility index (Phi) is 9.89. The fraction of sp³-hybridized carbons (Fsp3) is 0.243. The smallest absolute Gasteiger partial charge is 0.420 e. The molecular weight excluding hydrogens is 602 g/mol. The Morgan fingerprint density at radius 2 is 1.36 bits per heavy atom. The van der Waals surface area contributed by atoms with Crippen molar-refractivity contribution in [2.75, 3.05) is 7.11 Å². The first kappa shape index (κ1) is 32.7. The van der Waals surface area contributed by atoms with Gasteiger partial charge in [0.1, 0.15) is 30.3 Å². The topological polar surface area (TPSA) is 118 Å². The molecule has 4 aromatic carbocycles. The lowest BCUT2D eigenvalue weighted by molar-refractivity contribution is -0.146. The van der Waals surface area contributed by atoms with Crippen LogP contribution in [-0.4, -0.2) is 48.1 Å². The number of nitrogens with zero attached hydrogens (tertiary/aromatic N) is 1. The van der Waals surface area contributed by atoms with Crippen molar-refractivity contribution in [3.8, 4) is 22.6 Å².